The van der Waals surface area contributed by atoms with Crippen LogP contribution < -0.4 is 24.4 Å². The second-order valence-electron chi connectivity index (χ2n) is 9.39. The van der Waals surface area contributed by atoms with Crippen molar-refractivity contribution in [1.82, 2.24) is 14.8 Å². The molecule has 44 heavy (non-hydrogen) atoms. The Labute approximate surface area is 250 Å². The number of aldehydes is 1. The van der Waals surface area contributed by atoms with E-state index in [1.165, 1.54) is 30.2 Å². The summed E-state index contributed by atoms with van der Waals surface area (Å²) in [5.74, 6) is -4.09. The van der Waals surface area contributed by atoms with Gasteiger partial charge in [-0.05, 0) is 66.1 Å². The third-order valence-electron chi connectivity index (χ3n) is 6.00. The molecule has 0 heterocycles. The Balaban J connectivity index is 1.83. The van der Waals surface area contributed by atoms with Crippen LogP contribution in [-0.2, 0) is 32.6 Å². The number of hydrogen-bond acceptors (Lipinski definition) is 6. The molecule has 2 atom stereocenters. The molecule has 0 spiro atoms. The Hall–Kier alpha value is -4.76. The topological polar surface area (TPSA) is 134 Å². The maximum absolute atomic E-state index is 13.9. The molecule has 0 saturated carbocycles. The molecular weight excluding hydrogens is 608 g/mol. The van der Waals surface area contributed by atoms with Gasteiger partial charge in [-0.3, -0.25) is 4.79 Å². The molecule has 0 saturated heterocycles. The number of benzene rings is 3. The number of halogens is 4. The van der Waals surface area contributed by atoms with Gasteiger partial charge in [0, 0.05) is 30.8 Å². The lowest BCUT2D eigenvalue weighted by Gasteiger charge is -2.27. The van der Waals surface area contributed by atoms with Gasteiger partial charge >= 0.3 is 16.2 Å². The predicted octanol–water partition coefficient (Wildman–Crippen LogP) is 3.33. The Morgan fingerprint density at radius 1 is 0.909 bits per heavy atom. The van der Waals surface area contributed by atoms with Crippen molar-refractivity contribution in [2.45, 2.75) is 24.9 Å². The SMILES string of the molecule is C=CCN(C(=O)[C@H](Cc1cc(F)cc(F)c1)NC(=O)NS(=O)(=O)N[C@H](C=O)Cc1cc(F)cc(F)c1)c1ccc(OC)cc1. The molecule has 0 aliphatic heterocycles. The van der Waals surface area contributed by atoms with E-state index in [2.05, 4.69) is 11.9 Å². The molecule has 0 aliphatic carbocycles. The third kappa shape index (κ3) is 9.91. The Bertz CT molecular complexity index is 1580. The minimum Gasteiger partial charge on any atom is -0.497 e. The Morgan fingerprint density at radius 3 is 1.91 bits per heavy atom. The summed E-state index contributed by atoms with van der Waals surface area (Å²) in [5.41, 5.74) is 0.268. The molecular formula is C29H28F4N4O6S. The predicted molar refractivity (Wildman–Crippen MR) is 153 cm³/mol. The number of amides is 3. The molecule has 3 aromatic rings. The number of carbonyl (C=O) groups is 3. The van der Waals surface area contributed by atoms with Crippen LogP contribution in [0.25, 0.3) is 0 Å². The van der Waals surface area contributed by atoms with Crippen molar-refractivity contribution in [3.8, 4) is 5.75 Å². The Kier molecular flexibility index (Phi) is 11.6. The summed E-state index contributed by atoms with van der Waals surface area (Å²) < 4.78 is 88.7. The lowest BCUT2D eigenvalue weighted by Crippen LogP contribution is -2.55. The molecule has 0 bridgehead atoms. The van der Waals surface area contributed by atoms with E-state index in [1.54, 1.807) is 16.9 Å². The summed E-state index contributed by atoms with van der Waals surface area (Å²) in [4.78, 5) is 39.2. The molecule has 0 fully saturated rings. The smallest absolute Gasteiger partial charge is 0.330 e. The van der Waals surface area contributed by atoms with Crippen LogP contribution in [0.3, 0.4) is 0 Å². The molecule has 0 radical (unpaired) electrons. The number of hydrogen-bond donors (Lipinski definition) is 3. The van der Waals surface area contributed by atoms with Crippen molar-refractivity contribution < 1.29 is 45.1 Å². The number of nitrogens with one attached hydrogen (secondary N) is 3. The maximum Gasteiger partial charge on any atom is 0.330 e. The van der Waals surface area contributed by atoms with E-state index in [9.17, 15) is 40.4 Å². The van der Waals surface area contributed by atoms with Gasteiger partial charge < -0.3 is 19.7 Å². The van der Waals surface area contributed by atoms with Crippen molar-refractivity contribution in [2.75, 3.05) is 18.6 Å². The minimum absolute atomic E-state index is 0.0289. The summed E-state index contributed by atoms with van der Waals surface area (Å²) >= 11 is 0. The quantitative estimate of drug-likeness (QED) is 0.141. The first-order valence-corrected chi connectivity index (χ1v) is 14.3. The molecule has 3 rings (SSSR count). The lowest BCUT2D eigenvalue weighted by molar-refractivity contribution is -0.120. The fourth-order valence-electron chi connectivity index (χ4n) is 4.21. The highest BCUT2D eigenvalue weighted by atomic mass is 32.2. The second-order valence-corrected chi connectivity index (χ2v) is 10.8. The van der Waals surface area contributed by atoms with Crippen LogP contribution in [0.5, 0.6) is 5.75 Å². The number of urea groups is 1. The molecule has 0 aromatic heterocycles. The summed E-state index contributed by atoms with van der Waals surface area (Å²) in [7, 11) is -3.34. The molecule has 15 heteroatoms. The summed E-state index contributed by atoms with van der Waals surface area (Å²) in [6.07, 6.45) is 0.637. The standard InChI is InChI=1S/C29H28F4N4O6S/c1-3-8-37(25-4-6-26(43-2)7-5-25)28(39)27(14-19-11-22(32)16-23(33)12-19)34-29(40)36-44(41,42)35-24(17-38)13-18-9-20(30)15-21(31)10-18/h3-7,9-12,15-17,24,27,35H,1,8,13-14H2,2H3,(H2,34,36,40)/t24-,27-/m0/s1. The molecule has 10 nitrogen and oxygen atoms in total. The van der Waals surface area contributed by atoms with Crippen LogP contribution in [0.15, 0.2) is 73.3 Å². The van der Waals surface area contributed by atoms with Crippen LogP contribution in [0.2, 0.25) is 0 Å². The van der Waals surface area contributed by atoms with Crippen LogP contribution in [-0.4, -0.2) is 52.4 Å². The van der Waals surface area contributed by atoms with Gasteiger partial charge in [0.05, 0.1) is 13.2 Å². The van der Waals surface area contributed by atoms with E-state index < -0.39 is 70.3 Å². The van der Waals surface area contributed by atoms with Crippen LogP contribution >= 0.6 is 0 Å². The lowest BCUT2D eigenvalue weighted by atomic mass is 10.0. The van der Waals surface area contributed by atoms with Gasteiger partial charge in [-0.1, -0.05) is 6.08 Å². The summed E-state index contributed by atoms with van der Waals surface area (Å²) in [6, 6.07) is 6.57. The number of ether oxygens (including phenoxy) is 1. The van der Waals surface area contributed by atoms with Gasteiger partial charge in [0.15, 0.2) is 0 Å². The van der Waals surface area contributed by atoms with E-state index in [0.717, 1.165) is 24.3 Å². The second kappa shape index (κ2) is 15.1. The van der Waals surface area contributed by atoms with Crippen LogP contribution in [0.1, 0.15) is 11.1 Å². The van der Waals surface area contributed by atoms with E-state index in [4.69, 9.17) is 4.74 Å². The Morgan fingerprint density at radius 2 is 1.43 bits per heavy atom. The number of nitrogens with zero attached hydrogens (tertiary/aromatic N) is 1. The van der Waals surface area contributed by atoms with Gasteiger partial charge in [0.2, 0.25) is 5.91 Å². The van der Waals surface area contributed by atoms with Gasteiger partial charge in [0.25, 0.3) is 0 Å². The van der Waals surface area contributed by atoms with Crippen molar-refractivity contribution in [1.29, 1.82) is 0 Å². The molecule has 234 valence electrons. The highest BCUT2D eigenvalue weighted by Gasteiger charge is 2.29. The average Bonchev–Trinajstić information content (AvgIpc) is 2.93. The molecule has 3 aromatic carbocycles. The fraction of sp³-hybridized carbons (Fsp3) is 0.207. The monoisotopic (exact) mass is 636 g/mol. The average molecular weight is 637 g/mol. The van der Waals surface area contributed by atoms with Crippen LogP contribution in [0.4, 0.5) is 28.0 Å². The number of anilines is 1. The third-order valence-corrected chi connectivity index (χ3v) is 7.07. The van der Waals surface area contributed by atoms with Gasteiger partial charge in [-0.15, -0.1) is 6.58 Å². The molecule has 3 amide bonds. The van der Waals surface area contributed by atoms with E-state index in [-0.39, 0.29) is 24.0 Å². The van der Waals surface area contributed by atoms with Crippen molar-refractivity contribution in [2.24, 2.45) is 0 Å². The van der Waals surface area contributed by atoms with Gasteiger partial charge in [-0.2, -0.15) is 13.1 Å². The minimum atomic E-state index is -4.79. The van der Waals surface area contributed by atoms with Crippen molar-refractivity contribution in [3.05, 3.63) is 108 Å². The van der Waals surface area contributed by atoms with Crippen molar-refractivity contribution in [3.63, 3.8) is 0 Å². The molecule has 0 aliphatic rings. The zero-order valence-electron chi connectivity index (χ0n) is 23.2. The summed E-state index contributed by atoms with van der Waals surface area (Å²) in [6.45, 7) is 3.55. The highest BCUT2D eigenvalue weighted by molar-refractivity contribution is 7.88. The highest BCUT2D eigenvalue weighted by Crippen LogP contribution is 2.21. The fourth-order valence-corrected chi connectivity index (χ4v) is 5.10. The van der Waals surface area contributed by atoms with Gasteiger partial charge in [0.1, 0.15) is 41.3 Å². The van der Waals surface area contributed by atoms with Crippen LogP contribution in [0, 0.1) is 23.3 Å². The van der Waals surface area contributed by atoms with E-state index in [1.807, 2.05) is 4.72 Å². The van der Waals surface area contributed by atoms with Crippen molar-refractivity contribution >= 4 is 34.1 Å². The first-order chi connectivity index (χ1) is 20.8. The van der Waals surface area contributed by atoms with E-state index in [0.29, 0.717) is 23.6 Å². The summed E-state index contributed by atoms with van der Waals surface area (Å²) in [5, 5.41) is 2.20. The first kappa shape index (κ1) is 33.7. The maximum atomic E-state index is 13.9. The zero-order chi connectivity index (χ0) is 32.4. The van der Waals surface area contributed by atoms with Gasteiger partial charge in [-0.25, -0.2) is 27.1 Å². The number of methoxy groups -OCH3 is 1. The normalized spacial score (nSPS) is 12.5. The number of carbonyl (C=O) groups excluding carboxylic acids is 3. The zero-order valence-corrected chi connectivity index (χ0v) is 24.0. The molecule has 0 unspecified atom stereocenters. The first-order valence-electron chi connectivity index (χ1n) is 12.8. The number of rotatable bonds is 14. The molecule has 3 N–H and O–H groups in total. The largest absolute Gasteiger partial charge is 0.497 e. The van der Waals surface area contributed by atoms with E-state index >= 15 is 0 Å².